The average molecular weight is 368 g/mol. The number of anilines is 1. The lowest BCUT2D eigenvalue weighted by Gasteiger charge is -2.19. The van der Waals surface area contributed by atoms with E-state index in [0.717, 1.165) is 22.6 Å². The minimum absolute atomic E-state index is 0.146. The molecular weight excluding hydrogens is 348 g/mol. The number of hydrogen-bond acceptors (Lipinski definition) is 3. The Morgan fingerprint density at radius 1 is 0.893 bits per heavy atom. The van der Waals surface area contributed by atoms with Gasteiger partial charge in [-0.2, -0.15) is 0 Å². The van der Waals surface area contributed by atoms with Crippen molar-refractivity contribution in [3.63, 3.8) is 0 Å². The Balaban J connectivity index is 1.76. The first-order valence-corrected chi connectivity index (χ1v) is 9.24. The third kappa shape index (κ3) is 3.58. The maximum atomic E-state index is 13.2. The maximum Gasteiger partial charge on any atom is 0.282 e. The second-order valence-electron chi connectivity index (χ2n) is 6.31. The highest BCUT2D eigenvalue weighted by atomic mass is 16.5. The van der Waals surface area contributed by atoms with Crippen LogP contribution in [0, 0.1) is 0 Å². The summed E-state index contributed by atoms with van der Waals surface area (Å²) in [6.45, 7) is 2.54. The molecule has 138 valence electrons. The molecular formula is C24H20N2O2. The van der Waals surface area contributed by atoms with Crippen LogP contribution in [0.1, 0.15) is 18.1 Å². The molecule has 3 aromatic rings. The number of amidine groups is 1. The SMILES string of the molecule is CCOc1ccc(N2C(=O)C(=Cc3ccccc3)N=C2c2ccccc2)cc1. The van der Waals surface area contributed by atoms with E-state index in [2.05, 4.69) is 4.99 Å². The van der Waals surface area contributed by atoms with Gasteiger partial charge in [-0.15, -0.1) is 0 Å². The van der Waals surface area contributed by atoms with Crippen LogP contribution in [-0.4, -0.2) is 18.3 Å². The molecule has 3 aromatic carbocycles. The van der Waals surface area contributed by atoms with Gasteiger partial charge in [-0.25, -0.2) is 4.99 Å². The Morgan fingerprint density at radius 3 is 2.18 bits per heavy atom. The quantitative estimate of drug-likeness (QED) is 0.600. The molecule has 0 aliphatic carbocycles. The molecule has 0 N–H and O–H groups in total. The summed E-state index contributed by atoms with van der Waals surface area (Å²) >= 11 is 0. The molecule has 1 heterocycles. The summed E-state index contributed by atoms with van der Waals surface area (Å²) in [6.07, 6.45) is 1.82. The van der Waals surface area contributed by atoms with Crippen LogP contribution in [0.25, 0.3) is 6.08 Å². The van der Waals surface area contributed by atoms with Crippen molar-refractivity contribution < 1.29 is 9.53 Å². The normalized spacial score (nSPS) is 15.0. The summed E-state index contributed by atoms with van der Waals surface area (Å²) in [7, 11) is 0. The molecule has 1 amide bonds. The molecule has 0 radical (unpaired) electrons. The van der Waals surface area contributed by atoms with E-state index in [1.807, 2.05) is 97.9 Å². The molecule has 1 aliphatic rings. The minimum atomic E-state index is -0.146. The van der Waals surface area contributed by atoms with Crippen molar-refractivity contribution in [2.24, 2.45) is 4.99 Å². The van der Waals surface area contributed by atoms with E-state index in [1.165, 1.54) is 0 Å². The van der Waals surface area contributed by atoms with Crippen LogP contribution in [0.3, 0.4) is 0 Å². The van der Waals surface area contributed by atoms with Gasteiger partial charge in [0.25, 0.3) is 5.91 Å². The molecule has 0 saturated heterocycles. The fourth-order valence-corrected chi connectivity index (χ4v) is 3.10. The van der Waals surface area contributed by atoms with Gasteiger partial charge in [-0.1, -0.05) is 60.7 Å². The van der Waals surface area contributed by atoms with Gasteiger partial charge < -0.3 is 4.74 Å². The van der Waals surface area contributed by atoms with Gasteiger partial charge >= 0.3 is 0 Å². The van der Waals surface area contributed by atoms with Crippen molar-refractivity contribution in [3.8, 4) is 5.75 Å². The zero-order chi connectivity index (χ0) is 19.3. The number of rotatable bonds is 5. The molecule has 0 fully saturated rings. The summed E-state index contributed by atoms with van der Waals surface area (Å²) < 4.78 is 5.52. The van der Waals surface area contributed by atoms with Crippen molar-refractivity contribution in [2.75, 3.05) is 11.5 Å². The lowest BCUT2D eigenvalue weighted by molar-refractivity contribution is -0.113. The highest BCUT2D eigenvalue weighted by Gasteiger charge is 2.32. The van der Waals surface area contributed by atoms with E-state index < -0.39 is 0 Å². The Bertz CT molecular complexity index is 1020. The molecule has 0 atom stereocenters. The van der Waals surface area contributed by atoms with Gasteiger partial charge in [-0.05, 0) is 42.8 Å². The molecule has 0 spiro atoms. The number of ether oxygens (including phenoxy) is 1. The van der Waals surface area contributed by atoms with Crippen molar-refractivity contribution in [2.45, 2.75) is 6.92 Å². The number of nitrogens with zero attached hydrogens (tertiary/aromatic N) is 2. The number of benzene rings is 3. The molecule has 0 aromatic heterocycles. The van der Waals surface area contributed by atoms with E-state index in [9.17, 15) is 4.79 Å². The molecule has 28 heavy (non-hydrogen) atoms. The Morgan fingerprint density at radius 2 is 1.54 bits per heavy atom. The topological polar surface area (TPSA) is 41.9 Å². The maximum absolute atomic E-state index is 13.2. The van der Waals surface area contributed by atoms with Crippen molar-refractivity contribution in [1.29, 1.82) is 0 Å². The van der Waals surface area contributed by atoms with Crippen LogP contribution in [0.15, 0.2) is 95.6 Å². The number of aliphatic imine (C=N–C) groups is 1. The summed E-state index contributed by atoms with van der Waals surface area (Å²) in [5, 5.41) is 0. The Labute approximate surface area is 164 Å². The fraction of sp³-hybridized carbons (Fsp3) is 0.0833. The molecule has 4 heteroatoms. The van der Waals surface area contributed by atoms with Gasteiger partial charge in [-0.3, -0.25) is 9.69 Å². The standard InChI is InChI=1S/C24H20N2O2/c1-2-28-21-15-13-20(14-16-21)26-23(19-11-7-4-8-12-19)25-22(24(26)27)17-18-9-5-3-6-10-18/h3-17H,2H2,1H3. The van der Waals surface area contributed by atoms with Gasteiger partial charge in [0.2, 0.25) is 0 Å². The van der Waals surface area contributed by atoms with E-state index in [4.69, 9.17) is 4.74 Å². The smallest absolute Gasteiger partial charge is 0.282 e. The van der Waals surface area contributed by atoms with Gasteiger partial charge in [0, 0.05) is 5.56 Å². The molecule has 0 bridgehead atoms. The molecule has 0 unspecified atom stereocenters. The lowest BCUT2D eigenvalue weighted by Crippen LogP contribution is -2.32. The van der Waals surface area contributed by atoms with Crippen molar-refractivity contribution in [3.05, 3.63) is 102 Å². The second kappa shape index (κ2) is 7.92. The zero-order valence-electron chi connectivity index (χ0n) is 15.6. The number of carbonyl (C=O) groups is 1. The summed E-state index contributed by atoms with van der Waals surface area (Å²) in [6, 6.07) is 27.0. The third-order valence-corrected chi connectivity index (χ3v) is 4.40. The van der Waals surface area contributed by atoms with Gasteiger partial charge in [0.05, 0.1) is 12.3 Å². The Kier molecular flexibility index (Phi) is 5.02. The first kappa shape index (κ1) is 17.7. The second-order valence-corrected chi connectivity index (χ2v) is 6.31. The average Bonchev–Trinajstić information content (AvgIpc) is 3.06. The first-order chi connectivity index (χ1) is 13.8. The van der Waals surface area contributed by atoms with Crippen LogP contribution in [0.2, 0.25) is 0 Å². The van der Waals surface area contributed by atoms with Crippen molar-refractivity contribution >= 4 is 23.5 Å². The minimum Gasteiger partial charge on any atom is -0.494 e. The summed E-state index contributed by atoms with van der Waals surface area (Å²) in [4.78, 5) is 19.5. The summed E-state index contributed by atoms with van der Waals surface area (Å²) in [5.74, 6) is 1.25. The molecule has 0 saturated carbocycles. The zero-order valence-corrected chi connectivity index (χ0v) is 15.6. The van der Waals surface area contributed by atoms with Gasteiger partial charge in [0.1, 0.15) is 17.3 Å². The molecule has 1 aliphatic heterocycles. The monoisotopic (exact) mass is 368 g/mol. The van der Waals surface area contributed by atoms with Crippen molar-refractivity contribution in [1.82, 2.24) is 0 Å². The van der Waals surface area contributed by atoms with E-state index in [1.54, 1.807) is 4.90 Å². The van der Waals surface area contributed by atoms with Crippen LogP contribution in [-0.2, 0) is 4.79 Å². The fourth-order valence-electron chi connectivity index (χ4n) is 3.10. The largest absolute Gasteiger partial charge is 0.494 e. The van der Waals surface area contributed by atoms with Crippen LogP contribution < -0.4 is 9.64 Å². The number of hydrogen-bond donors (Lipinski definition) is 0. The highest BCUT2D eigenvalue weighted by Crippen LogP contribution is 2.29. The third-order valence-electron chi connectivity index (χ3n) is 4.40. The van der Waals surface area contributed by atoms with Crippen LogP contribution in [0.5, 0.6) is 5.75 Å². The van der Waals surface area contributed by atoms with E-state index in [0.29, 0.717) is 18.1 Å². The number of carbonyl (C=O) groups excluding carboxylic acids is 1. The van der Waals surface area contributed by atoms with Crippen LogP contribution >= 0.6 is 0 Å². The Hall–Kier alpha value is -3.66. The highest BCUT2D eigenvalue weighted by molar-refractivity contribution is 6.33. The van der Waals surface area contributed by atoms with E-state index >= 15 is 0 Å². The van der Waals surface area contributed by atoms with E-state index in [-0.39, 0.29) is 5.91 Å². The first-order valence-electron chi connectivity index (χ1n) is 9.24. The lowest BCUT2D eigenvalue weighted by atomic mass is 10.1. The molecule has 4 rings (SSSR count). The number of amides is 1. The summed E-state index contributed by atoms with van der Waals surface area (Å²) in [5.41, 5.74) is 3.00. The van der Waals surface area contributed by atoms with Gasteiger partial charge in [0.15, 0.2) is 0 Å². The molecule has 4 nitrogen and oxygen atoms in total. The predicted octanol–water partition coefficient (Wildman–Crippen LogP) is 4.92. The van der Waals surface area contributed by atoms with Crippen LogP contribution in [0.4, 0.5) is 5.69 Å². The predicted molar refractivity (Wildman–Crippen MR) is 112 cm³/mol.